The maximum Gasteiger partial charge on any atom is 0.199 e. The number of carbonyl (C=O) groups excluding carboxylic acids is 1. The SMILES string of the molecule is COc1ccc(C2C(C#N)=C(N)OC3CC(C)(C)CC(=O)C32)cc1O. The van der Waals surface area contributed by atoms with Crippen LogP contribution in [0.1, 0.15) is 38.2 Å². The Morgan fingerprint density at radius 3 is 2.76 bits per heavy atom. The van der Waals surface area contributed by atoms with Crippen molar-refractivity contribution < 1.29 is 19.4 Å². The number of Topliss-reactive ketones (excluding diaryl/α,β-unsaturated/α-hetero) is 1. The molecule has 0 radical (unpaired) electrons. The van der Waals surface area contributed by atoms with Crippen LogP contribution in [0.4, 0.5) is 0 Å². The van der Waals surface area contributed by atoms with Crippen molar-refractivity contribution in [2.45, 2.75) is 38.7 Å². The summed E-state index contributed by atoms with van der Waals surface area (Å²) in [6.45, 7) is 4.05. The van der Waals surface area contributed by atoms with Gasteiger partial charge in [0.05, 0.1) is 18.6 Å². The fraction of sp³-hybridized carbons (Fsp3) is 0.474. The van der Waals surface area contributed by atoms with Gasteiger partial charge in [-0.2, -0.15) is 5.26 Å². The van der Waals surface area contributed by atoms with E-state index in [4.69, 9.17) is 15.2 Å². The fourth-order valence-electron chi connectivity index (χ4n) is 4.01. The second-order valence-corrected chi connectivity index (χ2v) is 7.49. The highest BCUT2D eigenvalue weighted by Gasteiger charge is 2.50. The highest BCUT2D eigenvalue weighted by atomic mass is 16.5. The lowest BCUT2D eigenvalue weighted by molar-refractivity contribution is -0.138. The summed E-state index contributed by atoms with van der Waals surface area (Å²) in [4.78, 5) is 12.9. The van der Waals surface area contributed by atoms with E-state index in [1.54, 1.807) is 12.1 Å². The number of methoxy groups -OCH3 is 1. The number of hydrogen-bond donors (Lipinski definition) is 2. The third-order valence-electron chi connectivity index (χ3n) is 5.08. The van der Waals surface area contributed by atoms with Crippen LogP contribution >= 0.6 is 0 Å². The molecule has 0 saturated heterocycles. The van der Waals surface area contributed by atoms with Gasteiger partial charge >= 0.3 is 0 Å². The molecule has 25 heavy (non-hydrogen) atoms. The molecular formula is C19H22N2O4. The highest BCUT2D eigenvalue weighted by molar-refractivity contribution is 5.85. The quantitative estimate of drug-likeness (QED) is 0.856. The van der Waals surface area contributed by atoms with Gasteiger partial charge in [-0.05, 0) is 29.5 Å². The van der Waals surface area contributed by atoms with Gasteiger partial charge in [0.2, 0.25) is 0 Å². The number of nitrogens with two attached hydrogens (primary N) is 1. The van der Waals surface area contributed by atoms with Crippen LogP contribution < -0.4 is 10.5 Å². The van der Waals surface area contributed by atoms with Crippen molar-refractivity contribution in [3.63, 3.8) is 0 Å². The number of ether oxygens (including phenoxy) is 2. The minimum Gasteiger partial charge on any atom is -0.504 e. The second kappa shape index (κ2) is 5.99. The highest BCUT2D eigenvalue weighted by Crippen LogP contribution is 2.49. The molecule has 3 rings (SSSR count). The second-order valence-electron chi connectivity index (χ2n) is 7.49. The first-order valence-corrected chi connectivity index (χ1v) is 8.23. The average Bonchev–Trinajstić information content (AvgIpc) is 2.52. The molecule has 1 heterocycles. The van der Waals surface area contributed by atoms with Crippen LogP contribution in [0.2, 0.25) is 0 Å². The van der Waals surface area contributed by atoms with Crippen molar-refractivity contribution in [1.29, 1.82) is 5.26 Å². The Bertz CT molecular complexity index is 791. The first kappa shape index (κ1) is 17.2. The summed E-state index contributed by atoms with van der Waals surface area (Å²) in [6, 6.07) is 7.00. The third kappa shape index (κ3) is 2.91. The maximum atomic E-state index is 12.9. The summed E-state index contributed by atoms with van der Waals surface area (Å²) in [5.74, 6) is -0.593. The number of nitriles is 1. The first-order valence-electron chi connectivity index (χ1n) is 8.23. The molecule has 1 saturated carbocycles. The Labute approximate surface area is 146 Å². The molecule has 1 aromatic carbocycles. The van der Waals surface area contributed by atoms with Gasteiger partial charge in [0.1, 0.15) is 18.0 Å². The van der Waals surface area contributed by atoms with Crippen LogP contribution in [-0.2, 0) is 9.53 Å². The molecule has 0 bridgehead atoms. The van der Waals surface area contributed by atoms with E-state index < -0.39 is 11.8 Å². The van der Waals surface area contributed by atoms with Gasteiger partial charge in [0.15, 0.2) is 17.4 Å². The van der Waals surface area contributed by atoms with Crippen LogP contribution in [0.5, 0.6) is 11.5 Å². The lowest BCUT2D eigenvalue weighted by atomic mass is 9.63. The largest absolute Gasteiger partial charge is 0.504 e. The lowest BCUT2D eigenvalue weighted by Gasteiger charge is -2.45. The van der Waals surface area contributed by atoms with E-state index in [0.717, 1.165) is 0 Å². The molecule has 6 nitrogen and oxygen atoms in total. The normalized spacial score (nSPS) is 27.9. The Morgan fingerprint density at radius 1 is 1.44 bits per heavy atom. The van der Waals surface area contributed by atoms with Crippen molar-refractivity contribution in [3.8, 4) is 17.6 Å². The third-order valence-corrected chi connectivity index (χ3v) is 5.08. The molecule has 1 aliphatic heterocycles. The summed E-state index contributed by atoms with van der Waals surface area (Å²) in [5, 5.41) is 19.7. The summed E-state index contributed by atoms with van der Waals surface area (Å²) in [6.07, 6.45) is 0.735. The molecule has 3 atom stereocenters. The van der Waals surface area contributed by atoms with Crippen molar-refractivity contribution in [2.75, 3.05) is 7.11 Å². The molecular weight excluding hydrogens is 320 g/mol. The van der Waals surface area contributed by atoms with Crippen molar-refractivity contribution in [2.24, 2.45) is 17.1 Å². The first-order chi connectivity index (χ1) is 11.8. The van der Waals surface area contributed by atoms with Gasteiger partial charge in [0, 0.05) is 12.3 Å². The van der Waals surface area contributed by atoms with E-state index in [1.165, 1.54) is 13.2 Å². The number of nitrogens with zero attached hydrogens (tertiary/aromatic N) is 1. The summed E-state index contributed by atoms with van der Waals surface area (Å²) >= 11 is 0. The van der Waals surface area contributed by atoms with Gasteiger partial charge in [-0.1, -0.05) is 19.9 Å². The zero-order valence-electron chi connectivity index (χ0n) is 14.6. The summed E-state index contributed by atoms with van der Waals surface area (Å²) < 4.78 is 10.8. The van der Waals surface area contributed by atoms with E-state index in [1.807, 2.05) is 13.8 Å². The number of carbonyl (C=O) groups is 1. The van der Waals surface area contributed by atoms with E-state index in [-0.39, 0.29) is 34.5 Å². The Kier molecular flexibility index (Phi) is 4.11. The topological polar surface area (TPSA) is 106 Å². The predicted molar refractivity (Wildman–Crippen MR) is 90.6 cm³/mol. The van der Waals surface area contributed by atoms with Crippen molar-refractivity contribution >= 4 is 5.78 Å². The van der Waals surface area contributed by atoms with E-state index in [0.29, 0.717) is 24.2 Å². The number of aromatic hydroxyl groups is 1. The molecule has 6 heteroatoms. The molecule has 2 aliphatic rings. The monoisotopic (exact) mass is 342 g/mol. The molecule has 1 aliphatic carbocycles. The number of phenols is 1. The minimum absolute atomic E-state index is 0.0394. The molecule has 3 unspecified atom stereocenters. The smallest absolute Gasteiger partial charge is 0.199 e. The Balaban J connectivity index is 2.11. The van der Waals surface area contributed by atoms with Crippen LogP contribution in [0, 0.1) is 22.7 Å². The van der Waals surface area contributed by atoms with Gasteiger partial charge < -0.3 is 20.3 Å². The summed E-state index contributed by atoms with van der Waals surface area (Å²) in [5.41, 5.74) is 6.71. The Morgan fingerprint density at radius 2 is 2.16 bits per heavy atom. The average molecular weight is 342 g/mol. The van der Waals surface area contributed by atoms with Crippen LogP contribution in [0.15, 0.2) is 29.7 Å². The van der Waals surface area contributed by atoms with Crippen LogP contribution in [-0.4, -0.2) is 24.1 Å². The molecule has 0 amide bonds. The van der Waals surface area contributed by atoms with E-state index in [2.05, 4.69) is 6.07 Å². The molecule has 0 spiro atoms. The number of allylic oxidation sites excluding steroid dienone is 1. The van der Waals surface area contributed by atoms with Gasteiger partial charge in [-0.3, -0.25) is 4.79 Å². The Hall–Kier alpha value is -2.68. The molecule has 1 fully saturated rings. The zero-order valence-corrected chi connectivity index (χ0v) is 14.6. The maximum absolute atomic E-state index is 12.9. The molecule has 132 valence electrons. The van der Waals surface area contributed by atoms with Gasteiger partial charge in [-0.15, -0.1) is 0 Å². The lowest BCUT2D eigenvalue weighted by Crippen LogP contribution is -2.48. The number of fused-ring (bicyclic) bond motifs is 1. The van der Waals surface area contributed by atoms with Gasteiger partial charge in [-0.25, -0.2) is 0 Å². The van der Waals surface area contributed by atoms with E-state index in [9.17, 15) is 15.2 Å². The fourth-order valence-corrected chi connectivity index (χ4v) is 4.01. The number of hydrogen-bond acceptors (Lipinski definition) is 6. The van der Waals surface area contributed by atoms with Crippen LogP contribution in [0.25, 0.3) is 0 Å². The molecule has 0 aromatic heterocycles. The number of phenolic OH excluding ortho intramolecular Hbond substituents is 1. The summed E-state index contributed by atoms with van der Waals surface area (Å²) in [7, 11) is 1.46. The van der Waals surface area contributed by atoms with Gasteiger partial charge in [0.25, 0.3) is 0 Å². The zero-order chi connectivity index (χ0) is 18.4. The van der Waals surface area contributed by atoms with Crippen molar-refractivity contribution in [3.05, 3.63) is 35.2 Å². The standard InChI is InChI=1S/C19H22N2O4/c1-19(2)7-13(23)17-15(8-19)25-18(21)11(9-20)16(17)10-4-5-14(24-3)12(22)6-10/h4-6,15-17,22H,7-8,21H2,1-3H3. The number of ketones is 1. The number of benzene rings is 1. The predicted octanol–water partition coefficient (Wildman–Crippen LogP) is 2.58. The van der Waals surface area contributed by atoms with E-state index >= 15 is 0 Å². The van der Waals surface area contributed by atoms with Crippen molar-refractivity contribution in [1.82, 2.24) is 0 Å². The van der Waals surface area contributed by atoms with Crippen LogP contribution in [0.3, 0.4) is 0 Å². The minimum atomic E-state index is -0.524. The molecule has 1 aromatic rings. The molecule has 3 N–H and O–H groups in total. The number of rotatable bonds is 2.